The van der Waals surface area contributed by atoms with Gasteiger partial charge in [0, 0.05) is 27.7 Å². The zero-order chi connectivity index (χ0) is 38.7. The summed E-state index contributed by atoms with van der Waals surface area (Å²) < 4.78 is 6.61. The van der Waals surface area contributed by atoms with Crippen molar-refractivity contribution >= 4 is 10.8 Å². The van der Waals surface area contributed by atoms with Crippen molar-refractivity contribution in [1.29, 1.82) is 0 Å². The highest BCUT2D eigenvalue weighted by Crippen LogP contribution is 2.63. The lowest BCUT2D eigenvalue weighted by molar-refractivity contribution is 0.121. The third kappa shape index (κ3) is 4.86. The normalized spacial score (nSPS) is 22.6. The van der Waals surface area contributed by atoms with Crippen molar-refractivity contribution in [2.45, 2.75) is 55.8 Å². The molecule has 1 spiro atoms. The zero-order valence-electron chi connectivity index (χ0n) is 32.9. The summed E-state index contributed by atoms with van der Waals surface area (Å²) in [6, 6.07) is 57.2. The largest absolute Gasteiger partial charge is 0.457 e. The average molecular weight is 762 g/mol. The second-order valence-electron chi connectivity index (χ2n) is 18.0. The summed E-state index contributed by atoms with van der Waals surface area (Å²) >= 11 is 0. The summed E-state index contributed by atoms with van der Waals surface area (Å²) in [5.41, 5.74) is 11.4. The van der Waals surface area contributed by atoms with Gasteiger partial charge < -0.3 is 4.74 Å². The minimum atomic E-state index is -0.516. The van der Waals surface area contributed by atoms with Crippen LogP contribution in [0.3, 0.4) is 0 Å². The van der Waals surface area contributed by atoms with E-state index in [1.54, 1.807) is 0 Å². The first-order valence-corrected chi connectivity index (χ1v) is 21.6. The number of hydrogen-bond acceptors (Lipinski definition) is 4. The quantitative estimate of drug-likeness (QED) is 0.179. The minimum Gasteiger partial charge on any atom is -0.457 e. The van der Waals surface area contributed by atoms with E-state index in [9.17, 15) is 0 Å². The van der Waals surface area contributed by atoms with Crippen LogP contribution < -0.4 is 4.74 Å². The standard InChI is InChI=1S/C55H43N3O/c1-2-15-41-35(11-1)12-10-17-44(41)52-56-51(57-53(58-52)54-28-27-34(32-54)29-37-23-24-40(37)33-54)39-14-9-13-36(30-39)38-25-26-43-42-16-3-4-18-45(42)55(48(43)31-38)46-19-5-7-21-49(46)59-50-22-8-6-20-47(50)55/h1-22,25-26,30-31,34,37,40H,23-24,27-29,32-33H2/t34-,37?,40?,54?/m0/s1. The van der Waals surface area contributed by atoms with Gasteiger partial charge in [0.05, 0.1) is 5.41 Å². The Morgan fingerprint density at radius 3 is 1.98 bits per heavy atom. The number of nitrogens with zero attached hydrogens (tertiary/aromatic N) is 3. The summed E-state index contributed by atoms with van der Waals surface area (Å²) in [6.45, 7) is 0. The number of benzene rings is 7. The molecule has 4 nitrogen and oxygen atoms in total. The summed E-state index contributed by atoms with van der Waals surface area (Å²) in [7, 11) is 0. The highest BCUT2D eigenvalue weighted by Gasteiger charge is 2.52. The lowest BCUT2D eigenvalue weighted by Crippen LogP contribution is -2.34. The van der Waals surface area contributed by atoms with E-state index >= 15 is 0 Å². The molecule has 8 aromatic rings. The lowest BCUT2D eigenvalue weighted by Gasteiger charge is -2.41. The number of aromatic nitrogens is 3. The Kier molecular flexibility index (Phi) is 7.14. The molecule has 5 aliphatic rings. The Morgan fingerprint density at radius 1 is 0.475 bits per heavy atom. The summed E-state index contributed by atoms with van der Waals surface area (Å²) in [6.07, 6.45) is 9.02. The second kappa shape index (κ2) is 12.6. The third-order valence-corrected chi connectivity index (χ3v) is 15.0. The lowest BCUT2D eigenvalue weighted by atomic mass is 9.65. The molecule has 2 bridgehead atoms. The van der Waals surface area contributed by atoms with Gasteiger partial charge in [0.25, 0.3) is 0 Å². The molecule has 0 radical (unpaired) electrons. The predicted molar refractivity (Wildman–Crippen MR) is 235 cm³/mol. The van der Waals surface area contributed by atoms with Crippen LogP contribution in [0.2, 0.25) is 0 Å². The Morgan fingerprint density at radius 2 is 1.14 bits per heavy atom. The fourth-order valence-electron chi connectivity index (χ4n) is 12.2. The van der Waals surface area contributed by atoms with Crippen LogP contribution >= 0.6 is 0 Å². The summed E-state index contributed by atoms with van der Waals surface area (Å²) in [4.78, 5) is 16.4. The molecule has 1 aromatic heterocycles. The van der Waals surface area contributed by atoms with Crippen LogP contribution in [0.1, 0.15) is 73.0 Å². The van der Waals surface area contributed by atoms with E-state index in [0.29, 0.717) is 0 Å². The van der Waals surface area contributed by atoms with Crippen molar-refractivity contribution in [3.63, 3.8) is 0 Å². The van der Waals surface area contributed by atoms with Gasteiger partial charge in [-0.2, -0.15) is 0 Å². The number of ether oxygens (including phenoxy) is 1. The molecule has 2 heterocycles. The molecule has 284 valence electrons. The van der Waals surface area contributed by atoms with E-state index in [-0.39, 0.29) is 5.41 Å². The van der Waals surface area contributed by atoms with Gasteiger partial charge in [-0.3, -0.25) is 0 Å². The molecule has 3 fully saturated rings. The van der Waals surface area contributed by atoms with Crippen LogP contribution in [-0.4, -0.2) is 15.0 Å². The van der Waals surface area contributed by atoms with E-state index in [4.69, 9.17) is 19.7 Å². The topological polar surface area (TPSA) is 47.9 Å². The van der Waals surface area contributed by atoms with Crippen molar-refractivity contribution in [2.24, 2.45) is 17.8 Å². The van der Waals surface area contributed by atoms with E-state index in [1.165, 1.54) is 94.7 Å². The molecule has 4 atom stereocenters. The van der Waals surface area contributed by atoms with Crippen LogP contribution in [-0.2, 0) is 10.8 Å². The maximum absolute atomic E-state index is 6.61. The van der Waals surface area contributed by atoms with Gasteiger partial charge >= 0.3 is 0 Å². The minimum absolute atomic E-state index is 0.0126. The molecule has 0 amide bonds. The number of rotatable bonds is 4. The summed E-state index contributed by atoms with van der Waals surface area (Å²) in [5, 5.41) is 2.38. The molecule has 3 saturated carbocycles. The van der Waals surface area contributed by atoms with Crippen molar-refractivity contribution < 1.29 is 4.74 Å². The van der Waals surface area contributed by atoms with Gasteiger partial charge in [0.1, 0.15) is 17.3 Å². The van der Waals surface area contributed by atoms with Gasteiger partial charge in [-0.15, -0.1) is 0 Å². The van der Waals surface area contributed by atoms with Gasteiger partial charge in [-0.1, -0.05) is 133 Å². The Hall–Kier alpha value is -6.39. The Balaban J connectivity index is 0.986. The molecular weight excluding hydrogens is 719 g/mol. The first-order chi connectivity index (χ1) is 29.1. The first kappa shape index (κ1) is 33.6. The monoisotopic (exact) mass is 761 g/mol. The molecule has 3 unspecified atom stereocenters. The molecular formula is C55H43N3O. The second-order valence-corrected chi connectivity index (χ2v) is 18.0. The molecule has 4 heteroatoms. The average Bonchev–Trinajstić information content (AvgIpc) is 3.81. The first-order valence-electron chi connectivity index (χ1n) is 21.6. The van der Waals surface area contributed by atoms with Crippen molar-refractivity contribution in [3.05, 3.63) is 186 Å². The van der Waals surface area contributed by atoms with Crippen LogP contribution in [0, 0.1) is 17.8 Å². The number of fused-ring (bicyclic) bond motifs is 13. The fourth-order valence-corrected chi connectivity index (χ4v) is 12.2. The number of para-hydroxylation sites is 2. The van der Waals surface area contributed by atoms with Crippen LogP contribution in [0.5, 0.6) is 11.5 Å². The smallest absolute Gasteiger partial charge is 0.164 e. The predicted octanol–water partition coefficient (Wildman–Crippen LogP) is 13.4. The van der Waals surface area contributed by atoms with Crippen LogP contribution in [0.4, 0.5) is 0 Å². The van der Waals surface area contributed by atoms with E-state index in [1.807, 2.05) is 0 Å². The molecule has 13 rings (SSSR count). The Bertz CT molecular complexity index is 2970. The van der Waals surface area contributed by atoms with Crippen LogP contribution in [0.25, 0.3) is 55.8 Å². The molecule has 1 aliphatic heterocycles. The maximum Gasteiger partial charge on any atom is 0.164 e. The van der Waals surface area contributed by atoms with Gasteiger partial charge in [-0.25, -0.2) is 15.0 Å². The molecule has 0 saturated heterocycles. The van der Waals surface area contributed by atoms with Gasteiger partial charge in [-0.05, 0) is 131 Å². The van der Waals surface area contributed by atoms with E-state index in [2.05, 4.69) is 158 Å². The highest BCUT2D eigenvalue weighted by atomic mass is 16.5. The van der Waals surface area contributed by atoms with Crippen molar-refractivity contribution in [2.75, 3.05) is 0 Å². The van der Waals surface area contributed by atoms with Crippen molar-refractivity contribution in [1.82, 2.24) is 15.0 Å². The maximum atomic E-state index is 6.61. The molecule has 0 N–H and O–H groups in total. The number of hydrogen-bond donors (Lipinski definition) is 0. The van der Waals surface area contributed by atoms with Crippen LogP contribution in [0.15, 0.2) is 158 Å². The molecule has 7 aromatic carbocycles. The zero-order valence-corrected chi connectivity index (χ0v) is 32.9. The third-order valence-electron chi connectivity index (χ3n) is 15.0. The molecule has 4 aliphatic carbocycles. The van der Waals surface area contributed by atoms with E-state index in [0.717, 1.165) is 63.4 Å². The highest BCUT2D eigenvalue weighted by molar-refractivity contribution is 5.95. The van der Waals surface area contributed by atoms with Gasteiger partial charge in [0.15, 0.2) is 11.6 Å². The Labute approximate surface area is 345 Å². The summed E-state index contributed by atoms with van der Waals surface area (Å²) in [5.74, 6) is 6.84. The van der Waals surface area contributed by atoms with Crippen molar-refractivity contribution in [3.8, 4) is 56.5 Å². The molecule has 59 heavy (non-hydrogen) atoms. The van der Waals surface area contributed by atoms with Gasteiger partial charge in [0.2, 0.25) is 0 Å². The van der Waals surface area contributed by atoms with E-state index < -0.39 is 5.41 Å². The SMILES string of the molecule is c1cc(-c2ccc3c(c2)C2(c4ccccc4Oc4ccccc42)c2ccccc2-3)cc(-c2nc(-c3cccc4ccccc34)nc(C34CC[C@@H](CC5CCC5C3)C4)n2)c1. The fraction of sp³-hybridized carbons (Fsp3) is 0.218.